The minimum absolute atomic E-state index is 0.0295. The van der Waals surface area contributed by atoms with Crippen LogP contribution in [-0.2, 0) is 4.74 Å². The Morgan fingerprint density at radius 2 is 1.78 bits per heavy atom. The number of thioether (sulfide) groups is 1. The summed E-state index contributed by atoms with van der Waals surface area (Å²) in [4.78, 5) is 48.6. The molecule has 1 heterocycles. The summed E-state index contributed by atoms with van der Waals surface area (Å²) in [5.74, 6) is -1.64. The summed E-state index contributed by atoms with van der Waals surface area (Å²) >= 11 is 1.20. The van der Waals surface area contributed by atoms with Crippen LogP contribution in [0.15, 0.2) is 47.4 Å². The molecule has 0 aromatic heterocycles. The average Bonchev–Trinajstić information content (AvgIpc) is 2.92. The van der Waals surface area contributed by atoms with Crippen molar-refractivity contribution in [3.8, 4) is 0 Å². The first kappa shape index (κ1) is 18.6. The number of esters is 1. The van der Waals surface area contributed by atoms with Gasteiger partial charge in [-0.3, -0.25) is 24.6 Å². The third kappa shape index (κ3) is 3.54. The number of amides is 2. The fourth-order valence-corrected chi connectivity index (χ4v) is 3.26. The van der Waals surface area contributed by atoms with Crippen molar-refractivity contribution in [3.63, 3.8) is 0 Å². The second-order valence-corrected chi connectivity index (χ2v) is 6.44. The molecule has 0 unspecified atom stereocenters. The van der Waals surface area contributed by atoms with Crippen LogP contribution in [0.4, 0.5) is 5.69 Å². The molecule has 2 aromatic carbocycles. The first-order chi connectivity index (χ1) is 12.9. The zero-order chi connectivity index (χ0) is 19.6. The van der Waals surface area contributed by atoms with E-state index in [-0.39, 0.29) is 24.4 Å². The number of fused-ring (bicyclic) bond motifs is 1. The van der Waals surface area contributed by atoms with Gasteiger partial charge in [0.1, 0.15) is 6.61 Å². The summed E-state index contributed by atoms with van der Waals surface area (Å²) in [7, 11) is 0. The monoisotopic (exact) mass is 386 g/mol. The summed E-state index contributed by atoms with van der Waals surface area (Å²) < 4.78 is 5.08. The minimum Gasteiger partial charge on any atom is -0.460 e. The molecule has 2 amide bonds. The highest BCUT2D eigenvalue weighted by Crippen LogP contribution is 2.28. The Bertz CT molecular complexity index is 924. The molecule has 2 aromatic rings. The molecule has 0 saturated carbocycles. The molecule has 8 nitrogen and oxygen atoms in total. The molecule has 138 valence electrons. The number of nitro benzene ring substituents is 1. The van der Waals surface area contributed by atoms with E-state index in [9.17, 15) is 24.5 Å². The SMILES string of the molecule is CSc1ccc(C(=O)OCCN2C(=O)c3ccccc3C2=O)cc1[N+](=O)[O-]. The van der Waals surface area contributed by atoms with Gasteiger partial charge in [-0.25, -0.2) is 4.79 Å². The van der Waals surface area contributed by atoms with Gasteiger partial charge in [-0.05, 0) is 30.5 Å². The van der Waals surface area contributed by atoms with Crippen LogP contribution in [0.2, 0.25) is 0 Å². The summed E-state index contributed by atoms with van der Waals surface area (Å²) in [5.41, 5.74) is 0.480. The third-order valence-electron chi connectivity index (χ3n) is 4.04. The predicted molar refractivity (Wildman–Crippen MR) is 97.0 cm³/mol. The topological polar surface area (TPSA) is 107 Å². The average molecular weight is 386 g/mol. The molecule has 1 aliphatic rings. The van der Waals surface area contributed by atoms with Crippen molar-refractivity contribution in [3.05, 3.63) is 69.3 Å². The van der Waals surface area contributed by atoms with Crippen LogP contribution in [0.3, 0.4) is 0 Å². The van der Waals surface area contributed by atoms with Gasteiger partial charge in [0.25, 0.3) is 17.5 Å². The molecule has 0 atom stereocenters. The standard InChI is InChI=1S/C18H14N2O6S/c1-27-15-7-6-11(10-14(15)20(24)25)18(23)26-9-8-19-16(21)12-4-2-3-5-13(12)17(19)22/h2-7,10H,8-9H2,1H3. The van der Waals surface area contributed by atoms with Crippen LogP contribution < -0.4 is 0 Å². The maximum Gasteiger partial charge on any atom is 0.338 e. The highest BCUT2D eigenvalue weighted by Gasteiger charge is 2.34. The molecular formula is C18H14N2O6S. The van der Waals surface area contributed by atoms with Crippen molar-refractivity contribution < 1.29 is 24.0 Å². The van der Waals surface area contributed by atoms with Crippen molar-refractivity contribution in [2.24, 2.45) is 0 Å². The van der Waals surface area contributed by atoms with E-state index in [0.717, 1.165) is 11.0 Å². The fourth-order valence-electron chi connectivity index (χ4n) is 2.71. The molecule has 0 radical (unpaired) electrons. The Morgan fingerprint density at radius 1 is 1.15 bits per heavy atom. The number of carbonyl (C=O) groups is 3. The first-order valence-electron chi connectivity index (χ1n) is 7.89. The van der Waals surface area contributed by atoms with Crippen LogP contribution in [0.5, 0.6) is 0 Å². The number of carbonyl (C=O) groups excluding carboxylic acids is 3. The third-order valence-corrected chi connectivity index (χ3v) is 4.82. The Balaban J connectivity index is 1.64. The maximum atomic E-state index is 12.2. The summed E-state index contributed by atoms with van der Waals surface area (Å²) in [5, 5.41) is 11.1. The van der Waals surface area contributed by atoms with E-state index in [0.29, 0.717) is 16.0 Å². The van der Waals surface area contributed by atoms with Crippen LogP contribution >= 0.6 is 11.8 Å². The van der Waals surface area contributed by atoms with E-state index in [2.05, 4.69) is 0 Å². The lowest BCUT2D eigenvalue weighted by molar-refractivity contribution is -0.387. The molecular weight excluding hydrogens is 372 g/mol. The van der Waals surface area contributed by atoms with Gasteiger partial charge < -0.3 is 4.74 Å². The second-order valence-electron chi connectivity index (χ2n) is 5.59. The van der Waals surface area contributed by atoms with Crippen LogP contribution in [0, 0.1) is 10.1 Å². The van der Waals surface area contributed by atoms with Crippen LogP contribution in [0.1, 0.15) is 31.1 Å². The lowest BCUT2D eigenvalue weighted by Crippen LogP contribution is -2.33. The number of benzene rings is 2. The molecule has 0 saturated heterocycles. The zero-order valence-electron chi connectivity index (χ0n) is 14.2. The summed E-state index contributed by atoms with van der Waals surface area (Å²) in [6.07, 6.45) is 1.70. The number of hydrogen-bond donors (Lipinski definition) is 0. The first-order valence-corrected chi connectivity index (χ1v) is 9.11. The smallest absolute Gasteiger partial charge is 0.338 e. The molecule has 1 aliphatic heterocycles. The van der Waals surface area contributed by atoms with E-state index in [1.165, 1.54) is 23.9 Å². The second kappa shape index (κ2) is 7.58. The Labute approximate surface area is 158 Å². The van der Waals surface area contributed by atoms with Crippen LogP contribution in [0.25, 0.3) is 0 Å². The molecule has 27 heavy (non-hydrogen) atoms. The molecule has 0 aliphatic carbocycles. The van der Waals surface area contributed by atoms with E-state index in [1.54, 1.807) is 30.5 Å². The zero-order valence-corrected chi connectivity index (χ0v) is 15.0. The van der Waals surface area contributed by atoms with E-state index >= 15 is 0 Å². The van der Waals surface area contributed by atoms with Crippen molar-refractivity contribution in [2.45, 2.75) is 4.90 Å². The highest BCUT2D eigenvalue weighted by molar-refractivity contribution is 7.98. The van der Waals surface area contributed by atoms with Crippen molar-refractivity contribution in [1.29, 1.82) is 0 Å². The van der Waals surface area contributed by atoms with Crippen molar-refractivity contribution >= 4 is 35.2 Å². The Kier molecular flexibility index (Phi) is 5.22. The number of nitrogens with zero attached hydrogens (tertiary/aromatic N) is 2. The van der Waals surface area contributed by atoms with Gasteiger partial charge in [0.15, 0.2) is 0 Å². The number of ether oxygens (including phenoxy) is 1. The van der Waals surface area contributed by atoms with Crippen molar-refractivity contribution in [1.82, 2.24) is 4.90 Å². The van der Waals surface area contributed by atoms with Gasteiger partial charge in [-0.2, -0.15) is 0 Å². The lowest BCUT2D eigenvalue weighted by atomic mass is 10.1. The minimum atomic E-state index is -0.762. The summed E-state index contributed by atoms with van der Waals surface area (Å²) in [6.45, 7) is -0.300. The van der Waals surface area contributed by atoms with Crippen molar-refractivity contribution in [2.75, 3.05) is 19.4 Å². The number of rotatable bonds is 6. The Hall–Kier alpha value is -3.20. The van der Waals surface area contributed by atoms with Gasteiger partial charge in [-0.15, -0.1) is 11.8 Å². The van der Waals surface area contributed by atoms with Gasteiger partial charge in [-0.1, -0.05) is 12.1 Å². The lowest BCUT2D eigenvalue weighted by Gasteiger charge is -2.13. The molecule has 3 rings (SSSR count). The summed E-state index contributed by atoms with van der Waals surface area (Å²) in [6, 6.07) is 10.5. The largest absolute Gasteiger partial charge is 0.460 e. The van der Waals surface area contributed by atoms with E-state index < -0.39 is 22.7 Å². The molecule has 0 spiro atoms. The molecule has 0 N–H and O–H groups in total. The van der Waals surface area contributed by atoms with E-state index in [4.69, 9.17) is 4.74 Å². The molecule has 0 bridgehead atoms. The maximum absolute atomic E-state index is 12.2. The highest BCUT2D eigenvalue weighted by atomic mass is 32.2. The van der Waals surface area contributed by atoms with E-state index in [1.807, 2.05) is 0 Å². The molecule has 0 fully saturated rings. The van der Waals surface area contributed by atoms with Gasteiger partial charge in [0.05, 0.1) is 33.1 Å². The number of hydrogen-bond acceptors (Lipinski definition) is 7. The Morgan fingerprint density at radius 3 is 2.33 bits per heavy atom. The molecule has 9 heteroatoms. The van der Waals surface area contributed by atoms with Gasteiger partial charge in [0, 0.05) is 6.07 Å². The fraction of sp³-hybridized carbons (Fsp3) is 0.167. The van der Waals surface area contributed by atoms with Gasteiger partial charge >= 0.3 is 5.97 Å². The van der Waals surface area contributed by atoms with Crippen LogP contribution in [-0.4, -0.2) is 47.0 Å². The number of nitro groups is 1. The normalized spacial score (nSPS) is 12.9. The number of imide groups is 1. The van der Waals surface area contributed by atoms with Gasteiger partial charge in [0.2, 0.25) is 0 Å². The quantitative estimate of drug-likeness (QED) is 0.247. The predicted octanol–water partition coefficient (Wildman–Crippen LogP) is 2.77.